The molecule has 0 aliphatic heterocycles. The van der Waals surface area contributed by atoms with Gasteiger partial charge in [0.25, 0.3) is 0 Å². The van der Waals surface area contributed by atoms with Crippen LogP contribution in [0.2, 0.25) is 0 Å². The van der Waals surface area contributed by atoms with Gasteiger partial charge in [-0.25, -0.2) is 0 Å². The van der Waals surface area contributed by atoms with Crippen molar-refractivity contribution >= 4 is 5.91 Å². The molecular formula is C4H5NO. The van der Waals surface area contributed by atoms with Crippen LogP contribution in [-0.4, -0.2) is 5.91 Å². The first-order chi connectivity index (χ1) is 2.77. The molecule has 2 N–H and O–H groups in total. The summed E-state index contributed by atoms with van der Waals surface area (Å²) >= 11 is 0. The lowest BCUT2D eigenvalue weighted by Crippen LogP contribution is -2.04. The van der Waals surface area contributed by atoms with Gasteiger partial charge in [0, 0.05) is 6.08 Å². The fourth-order valence-electron chi connectivity index (χ4n) is 0.101. The van der Waals surface area contributed by atoms with Crippen LogP contribution in [0.4, 0.5) is 0 Å². The Balaban J connectivity index is 3.60. The number of hydrogen-bond donors (Lipinski definition) is 1. The highest BCUT2D eigenvalue weighted by molar-refractivity contribution is 5.85. The first kappa shape index (κ1) is 4.99. The molecule has 0 aromatic rings. The minimum absolute atomic E-state index is 0.509. The number of nitrogens with two attached hydrogens (primary N) is 1. The van der Waals surface area contributed by atoms with E-state index in [1.807, 2.05) is 0 Å². The molecule has 0 saturated carbocycles. The van der Waals surface area contributed by atoms with Gasteiger partial charge in [0.1, 0.15) is 0 Å². The average Bonchev–Trinajstić information content (AvgIpc) is 1.35. The van der Waals surface area contributed by atoms with Gasteiger partial charge in [0.05, 0.1) is 0 Å². The van der Waals surface area contributed by atoms with Crippen molar-refractivity contribution < 1.29 is 4.79 Å². The third-order valence-electron chi connectivity index (χ3n) is 0.244. The molecule has 0 aliphatic carbocycles. The second kappa shape index (κ2) is 2.24. The average molecular weight is 83.1 g/mol. The van der Waals surface area contributed by atoms with Crippen LogP contribution in [-0.2, 0) is 4.79 Å². The van der Waals surface area contributed by atoms with Crippen LogP contribution < -0.4 is 5.73 Å². The van der Waals surface area contributed by atoms with Gasteiger partial charge in [-0.3, -0.25) is 4.79 Å². The Labute approximate surface area is 36.0 Å². The monoisotopic (exact) mass is 83.0 g/mol. The van der Waals surface area contributed by atoms with E-state index in [1.54, 1.807) is 0 Å². The molecule has 0 spiro atoms. The van der Waals surface area contributed by atoms with Crippen LogP contribution in [0.25, 0.3) is 0 Å². The maximum Gasteiger partial charge on any atom is 0.249 e. The van der Waals surface area contributed by atoms with Gasteiger partial charge >= 0.3 is 0 Å². The first-order valence-electron chi connectivity index (χ1n) is 1.42. The van der Waals surface area contributed by atoms with E-state index in [2.05, 4.69) is 18.0 Å². The predicted molar refractivity (Wildman–Crippen MR) is 22.9 cm³/mol. The summed E-state index contributed by atoms with van der Waals surface area (Å²) in [6.45, 7) is 3.12. The van der Waals surface area contributed by atoms with Crippen molar-refractivity contribution in [3.05, 3.63) is 18.4 Å². The topological polar surface area (TPSA) is 43.1 Å². The predicted octanol–water partition coefficient (Wildman–Crippen LogP) is -0.187. The standard InChI is InChI=1S/C4H5NO/c1-2-3-4(5)6/h3H,1H2,(H2,5,6). The number of hydrogen-bond acceptors (Lipinski definition) is 1. The Morgan fingerprint density at radius 2 is 2.50 bits per heavy atom. The van der Waals surface area contributed by atoms with Crippen molar-refractivity contribution in [3.8, 4) is 0 Å². The van der Waals surface area contributed by atoms with E-state index < -0.39 is 5.91 Å². The molecule has 0 unspecified atom stereocenters. The molecule has 0 heterocycles. The van der Waals surface area contributed by atoms with Gasteiger partial charge < -0.3 is 5.73 Å². The molecule has 0 rings (SSSR count). The lowest BCUT2D eigenvalue weighted by atomic mass is 10.6. The molecule has 0 fully saturated rings. The fraction of sp³-hybridized carbons (Fsp3) is 0. The molecule has 0 aromatic heterocycles. The van der Waals surface area contributed by atoms with Crippen molar-refractivity contribution in [1.29, 1.82) is 0 Å². The number of carbonyl (C=O) groups excluding carboxylic acids is 1. The number of primary amides is 1. The molecule has 0 radical (unpaired) electrons. The van der Waals surface area contributed by atoms with E-state index in [1.165, 1.54) is 0 Å². The molecule has 0 aromatic carbocycles. The molecule has 0 bridgehead atoms. The smallest absolute Gasteiger partial charge is 0.249 e. The van der Waals surface area contributed by atoms with Gasteiger partial charge in [0.15, 0.2) is 0 Å². The summed E-state index contributed by atoms with van der Waals surface area (Å²) in [5.74, 6) is -0.509. The van der Waals surface area contributed by atoms with Gasteiger partial charge in [-0.15, -0.1) is 5.73 Å². The zero-order valence-corrected chi connectivity index (χ0v) is 3.27. The molecule has 32 valence electrons. The van der Waals surface area contributed by atoms with Gasteiger partial charge in [-0.05, 0) is 0 Å². The molecular weight excluding hydrogens is 78.0 g/mol. The molecule has 0 aliphatic rings. The van der Waals surface area contributed by atoms with Crippen molar-refractivity contribution in [2.75, 3.05) is 0 Å². The van der Waals surface area contributed by atoms with E-state index in [0.29, 0.717) is 0 Å². The SMILES string of the molecule is C=C=CC(N)=O. The molecule has 2 heteroatoms. The molecule has 0 saturated heterocycles. The van der Waals surface area contributed by atoms with Crippen LogP contribution in [0.1, 0.15) is 0 Å². The summed E-state index contributed by atoms with van der Waals surface area (Å²) in [7, 11) is 0. The summed E-state index contributed by atoms with van der Waals surface area (Å²) in [4.78, 5) is 9.66. The maximum absolute atomic E-state index is 9.66. The molecule has 0 atom stereocenters. The van der Waals surface area contributed by atoms with E-state index in [0.717, 1.165) is 6.08 Å². The Bertz CT molecular complexity index is 100. The quantitative estimate of drug-likeness (QED) is 0.346. The largest absolute Gasteiger partial charge is 0.366 e. The summed E-state index contributed by atoms with van der Waals surface area (Å²) in [5.41, 5.74) is 6.82. The summed E-state index contributed by atoms with van der Waals surface area (Å²) < 4.78 is 0. The normalized spacial score (nSPS) is 6.00. The molecule has 1 amide bonds. The Kier molecular flexibility index (Phi) is 1.86. The van der Waals surface area contributed by atoms with Crippen molar-refractivity contribution in [2.24, 2.45) is 5.73 Å². The minimum Gasteiger partial charge on any atom is -0.366 e. The number of carbonyl (C=O) groups is 1. The third-order valence-corrected chi connectivity index (χ3v) is 0.244. The van der Waals surface area contributed by atoms with Gasteiger partial charge in [-0.2, -0.15) is 0 Å². The maximum atomic E-state index is 9.66. The minimum atomic E-state index is -0.509. The van der Waals surface area contributed by atoms with Crippen LogP contribution in [0.15, 0.2) is 18.4 Å². The third kappa shape index (κ3) is 2.99. The summed E-state index contributed by atoms with van der Waals surface area (Å²) in [6.07, 6.45) is 1.07. The molecule has 6 heavy (non-hydrogen) atoms. The van der Waals surface area contributed by atoms with Crippen molar-refractivity contribution in [3.63, 3.8) is 0 Å². The first-order valence-corrected chi connectivity index (χ1v) is 1.42. The van der Waals surface area contributed by atoms with Gasteiger partial charge in [-0.1, -0.05) is 6.58 Å². The van der Waals surface area contributed by atoms with Crippen molar-refractivity contribution in [2.45, 2.75) is 0 Å². The zero-order chi connectivity index (χ0) is 4.99. The van der Waals surface area contributed by atoms with Crippen LogP contribution >= 0.6 is 0 Å². The Morgan fingerprint density at radius 3 is 2.50 bits per heavy atom. The summed E-state index contributed by atoms with van der Waals surface area (Å²) in [6, 6.07) is 0. The van der Waals surface area contributed by atoms with Gasteiger partial charge in [0.2, 0.25) is 5.91 Å². The van der Waals surface area contributed by atoms with Crippen LogP contribution in [0.3, 0.4) is 0 Å². The molecule has 2 nitrogen and oxygen atoms in total. The lowest BCUT2D eigenvalue weighted by Gasteiger charge is -1.66. The second-order valence-corrected chi connectivity index (χ2v) is 0.751. The fourth-order valence-corrected chi connectivity index (χ4v) is 0.101. The van der Waals surface area contributed by atoms with E-state index in [-0.39, 0.29) is 0 Å². The number of amides is 1. The van der Waals surface area contributed by atoms with E-state index >= 15 is 0 Å². The summed E-state index contributed by atoms with van der Waals surface area (Å²) in [5, 5.41) is 0. The highest BCUT2D eigenvalue weighted by Gasteiger charge is 1.72. The number of rotatable bonds is 1. The highest BCUT2D eigenvalue weighted by Crippen LogP contribution is 1.54. The highest BCUT2D eigenvalue weighted by atomic mass is 16.1. The Hall–Kier alpha value is -1.01. The Morgan fingerprint density at radius 1 is 2.00 bits per heavy atom. The van der Waals surface area contributed by atoms with E-state index in [4.69, 9.17) is 0 Å². The van der Waals surface area contributed by atoms with Crippen LogP contribution in [0, 0.1) is 0 Å². The van der Waals surface area contributed by atoms with E-state index in [9.17, 15) is 4.79 Å². The second-order valence-electron chi connectivity index (χ2n) is 0.751. The zero-order valence-electron chi connectivity index (χ0n) is 3.27. The van der Waals surface area contributed by atoms with Crippen molar-refractivity contribution in [1.82, 2.24) is 0 Å². The lowest BCUT2D eigenvalue weighted by molar-refractivity contribution is -0.113. The van der Waals surface area contributed by atoms with Crippen LogP contribution in [0.5, 0.6) is 0 Å².